The minimum Gasteiger partial charge on any atom is -0.480 e. The highest BCUT2D eigenvalue weighted by Gasteiger charge is 2.45. The fourth-order valence-electron chi connectivity index (χ4n) is 2.36. The third kappa shape index (κ3) is 1.83. The molecule has 1 N–H and O–H groups in total. The topological polar surface area (TPSA) is 40.5 Å². The van der Waals surface area contributed by atoms with Crippen molar-refractivity contribution in [1.29, 1.82) is 0 Å². The van der Waals surface area contributed by atoms with Crippen molar-refractivity contribution in [3.8, 4) is 0 Å². The van der Waals surface area contributed by atoms with E-state index in [1.165, 1.54) is 0 Å². The largest absolute Gasteiger partial charge is 0.480 e. The molecule has 3 nitrogen and oxygen atoms in total. The maximum absolute atomic E-state index is 11.7. The molecule has 0 amide bonds. The van der Waals surface area contributed by atoms with Gasteiger partial charge in [0, 0.05) is 0 Å². The molecule has 0 radical (unpaired) electrons. The summed E-state index contributed by atoms with van der Waals surface area (Å²) in [5.74, 6) is -0.818. The van der Waals surface area contributed by atoms with Crippen LogP contribution in [0.25, 0.3) is 0 Å². The minimum atomic E-state index is -0.957. The van der Waals surface area contributed by atoms with Crippen molar-refractivity contribution in [2.45, 2.75) is 19.4 Å². The number of carboxylic acids is 1. The lowest BCUT2D eigenvalue weighted by Gasteiger charge is -2.39. The van der Waals surface area contributed by atoms with Crippen molar-refractivity contribution in [1.82, 2.24) is 4.90 Å². The Morgan fingerprint density at radius 3 is 2.06 bits per heavy atom. The quantitative estimate of drug-likeness (QED) is 0.847. The van der Waals surface area contributed by atoms with E-state index < -0.39 is 11.5 Å². The highest BCUT2D eigenvalue weighted by atomic mass is 16.4. The second-order valence-corrected chi connectivity index (χ2v) is 4.49. The van der Waals surface area contributed by atoms with E-state index in [9.17, 15) is 9.90 Å². The second kappa shape index (κ2) is 4.66. The van der Waals surface area contributed by atoms with E-state index in [0.29, 0.717) is 0 Å². The molecule has 0 aliphatic heterocycles. The van der Waals surface area contributed by atoms with Gasteiger partial charge in [-0.05, 0) is 25.6 Å². The molecule has 0 bridgehead atoms. The van der Waals surface area contributed by atoms with Crippen LogP contribution >= 0.6 is 0 Å². The molecule has 0 unspecified atom stereocenters. The molecule has 1 atom stereocenters. The molecule has 1 rings (SSSR count). The van der Waals surface area contributed by atoms with Gasteiger partial charge in [0.25, 0.3) is 0 Å². The first-order chi connectivity index (χ1) is 7.44. The summed E-state index contributed by atoms with van der Waals surface area (Å²) in [4.78, 5) is 13.4. The molecule has 1 aromatic carbocycles. The molecule has 0 spiro atoms. The van der Waals surface area contributed by atoms with Gasteiger partial charge in [0.1, 0.15) is 5.54 Å². The first-order valence-corrected chi connectivity index (χ1v) is 5.40. The van der Waals surface area contributed by atoms with E-state index in [1.807, 2.05) is 44.2 Å². The smallest absolute Gasteiger partial charge is 0.329 e. The zero-order valence-corrected chi connectivity index (χ0v) is 10.3. The van der Waals surface area contributed by atoms with Gasteiger partial charge in [-0.1, -0.05) is 44.2 Å². The third-order valence-corrected chi connectivity index (χ3v) is 3.08. The predicted molar refractivity (Wildman–Crippen MR) is 64.3 cm³/mol. The van der Waals surface area contributed by atoms with E-state index in [-0.39, 0.29) is 5.92 Å². The summed E-state index contributed by atoms with van der Waals surface area (Å²) < 4.78 is 0. The summed E-state index contributed by atoms with van der Waals surface area (Å²) in [5.41, 5.74) is -0.135. The van der Waals surface area contributed by atoms with E-state index in [2.05, 4.69) is 0 Å². The standard InChI is InChI=1S/C13H19NO2/c1-10(2)13(12(15)16,14(3)4)11-8-6-5-7-9-11/h5-10H,1-4H3,(H,15,16)/t13-/m0/s1. The number of carbonyl (C=O) groups is 1. The number of carboxylic acid groups (broad SMARTS) is 1. The number of hydrogen-bond acceptors (Lipinski definition) is 2. The lowest BCUT2D eigenvalue weighted by molar-refractivity contribution is -0.154. The van der Waals surface area contributed by atoms with Gasteiger partial charge in [0.15, 0.2) is 0 Å². The van der Waals surface area contributed by atoms with Crippen LogP contribution in [0.2, 0.25) is 0 Å². The fraction of sp³-hybridized carbons (Fsp3) is 0.462. The number of nitrogens with zero attached hydrogens (tertiary/aromatic N) is 1. The Kier molecular flexibility index (Phi) is 3.70. The third-order valence-electron chi connectivity index (χ3n) is 3.08. The lowest BCUT2D eigenvalue weighted by Crippen LogP contribution is -2.52. The molecule has 0 heterocycles. The molecule has 0 saturated carbocycles. The van der Waals surface area contributed by atoms with Gasteiger partial charge in [0.05, 0.1) is 0 Å². The van der Waals surface area contributed by atoms with Crippen LogP contribution in [0, 0.1) is 5.92 Å². The Morgan fingerprint density at radius 2 is 1.75 bits per heavy atom. The van der Waals surface area contributed by atoms with Crippen LogP contribution in [0.5, 0.6) is 0 Å². The molecule has 0 fully saturated rings. The van der Waals surface area contributed by atoms with Crippen LogP contribution < -0.4 is 0 Å². The van der Waals surface area contributed by atoms with Gasteiger partial charge in [-0.25, -0.2) is 4.79 Å². The van der Waals surface area contributed by atoms with Crippen molar-refractivity contribution in [2.24, 2.45) is 5.92 Å². The minimum absolute atomic E-state index is 0.0117. The van der Waals surface area contributed by atoms with Crippen molar-refractivity contribution < 1.29 is 9.90 Å². The zero-order valence-electron chi connectivity index (χ0n) is 10.3. The highest BCUT2D eigenvalue weighted by molar-refractivity contribution is 5.81. The van der Waals surface area contributed by atoms with Crippen molar-refractivity contribution in [3.63, 3.8) is 0 Å². The molecule has 3 heteroatoms. The molecule has 1 aromatic rings. The van der Waals surface area contributed by atoms with E-state index in [0.717, 1.165) is 5.56 Å². The Bertz CT molecular complexity index is 349. The van der Waals surface area contributed by atoms with Gasteiger partial charge in [-0.3, -0.25) is 4.90 Å². The summed E-state index contributed by atoms with van der Waals surface area (Å²) in [6.07, 6.45) is 0. The average molecular weight is 221 g/mol. The maximum atomic E-state index is 11.7. The number of hydrogen-bond donors (Lipinski definition) is 1. The Hall–Kier alpha value is -1.35. The fourth-order valence-corrected chi connectivity index (χ4v) is 2.36. The molecule has 0 aliphatic rings. The summed E-state index contributed by atoms with van der Waals surface area (Å²) >= 11 is 0. The van der Waals surface area contributed by atoms with Crippen LogP contribution in [-0.4, -0.2) is 30.1 Å². The Morgan fingerprint density at radius 1 is 1.25 bits per heavy atom. The van der Waals surface area contributed by atoms with Gasteiger partial charge in [0.2, 0.25) is 0 Å². The van der Waals surface area contributed by atoms with Crippen molar-refractivity contribution in [2.75, 3.05) is 14.1 Å². The number of likely N-dealkylation sites (N-methyl/N-ethyl adjacent to an activating group) is 1. The summed E-state index contributed by atoms with van der Waals surface area (Å²) in [5, 5.41) is 9.58. The van der Waals surface area contributed by atoms with Crippen LogP contribution in [0.4, 0.5) is 0 Å². The van der Waals surface area contributed by atoms with Gasteiger partial charge < -0.3 is 5.11 Å². The number of aliphatic carboxylic acids is 1. The average Bonchev–Trinajstić information content (AvgIpc) is 2.18. The second-order valence-electron chi connectivity index (χ2n) is 4.49. The van der Waals surface area contributed by atoms with E-state index in [1.54, 1.807) is 19.0 Å². The van der Waals surface area contributed by atoms with Crippen LogP contribution in [0.3, 0.4) is 0 Å². The lowest BCUT2D eigenvalue weighted by atomic mass is 9.79. The van der Waals surface area contributed by atoms with Gasteiger partial charge in [-0.2, -0.15) is 0 Å². The molecule has 0 aromatic heterocycles. The highest BCUT2D eigenvalue weighted by Crippen LogP contribution is 2.34. The van der Waals surface area contributed by atoms with Crippen LogP contribution in [-0.2, 0) is 10.3 Å². The van der Waals surface area contributed by atoms with Crippen molar-refractivity contribution >= 4 is 5.97 Å². The van der Waals surface area contributed by atoms with Crippen LogP contribution in [0.1, 0.15) is 19.4 Å². The zero-order chi connectivity index (χ0) is 12.3. The number of benzene rings is 1. The molecule has 88 valence electrons. The predicted octanol–water partition coefficient (Wildman–Crippen LogP) is 2.18. The summed E-state index contributed by atoms with van der Waals surface area (Å²) in [7, 11) is 3.61. The van der Waals surface area contributed by atoms with Crippen LogP contribution in [0.15, 0.2) is 30.3 Å². The van der Waals surface area contributed by atoms with Crippen molar-refractivity contribution in [3.05, 3.63) is 35.9 Å². The van der Waals surface area contributed by atoms with Gasteiger partial charge in [-0.15, -0.1) is 0 Å². The Balaban J connectivity index is 3.40. The molecule has 0 aliphatic carbocycles. The monoisotopic (exact) mass is 221 g/mol. The molecular formula is C13H19NO2. The van der Waals surface area contributed by atoms with E-state index in [4.69, 9.17) is 0 Å². The summed E-state index contributed by atoms with van der Waals surface area (Å²) in [6.45, 7) is 3.86. The maximum Gasteiger partial charge on any atom is 0.329 e. The Labute approximate surface area is 96.7 Å². The summed E-state index contributed by atoms with van der Waals surface area (Å²) in [6, 6.07) is 9.38. The first-order valence-electron chi connectivity index (χ1n) is 5.40. The normalized spacial score (nSPS) is 15.1. The van der Waals surface area contributed by atoms with E-state index >= 15 is 0 Å². The molecule has 0 saturated heterocycles. The molecular weight excluding hydrogens is 202 g/mol. The van der Waals surface area contributed by atoms with Gasteiger partial charge >= 0.3 is 5.97 Å². The molecule has 16 heavy (non-hydrogen) atoms. The first kappa shape index (κ1) is 12.7. The number of rotatable bonds is 4. The SMILES string of the molecule is CC(C)[C@@](C(=O)O)(c1ccccc1)N(C)C.